The number of piperidine rings is 1. The molecule has 0 saturated carbocycles. The first-order chi connectivity index (χ1) is 9.61. The van der Waals surface area contributed by atoms with Crippen molar-refractivity contribution in [3.8, 4) is 5.75 Å². The normalized spacial score (nSPS) is 20.1. The molecule has 1 heterocycles. The molecule has 2 N–H and O–H groups in total. The van der Waals surface area contributed by atoms with E-state index in [1.165, 1.54) is 25.8 Å². The minimum atomic E-state index is 0.513. The van der Waals surface area contributed by atoms with Gasteiger partial charge in [-0.25, -0.2) is 0 Å². The van der Waals surface area contributed by atoms with Gasteiger partial charge in [0.2, 0.25) is 0 Å². The molecule has 0 amide bonds. The zero-order valence-electron chi connectivity index (χ0n) is 12.5. The standard InChI is InChI=1S/C16H25BrN2O/c1-12-9-14(17)10-13(11-18)16(12)20-8-6-15-5-3-4-7-19(15)2/h9-10,15H,3-8,11,18H2,1-2H3. The molecule has 1 aliphatic rings. The van der Waals surface area contributed by atoms with Gasteiger partial charge in [-0.1, -0.05) is 22.4 Å². The van der Waals surface area contributed by atoms with Crippen LogP contribution in [0.3, 0.4) is 0 Å². The molecule has 1 fully saturated rings. The Morgan fingerprint density at radius 2 is 2.20 bits per heavy atom. The second kappa shape index (κ2) is 7.43. The van der Waals surface area contributed by atoms with Crippen molar-refractivity contribution < 1.29 is 4.74 Å². The summed E-state index contributed by atoms with van der Waals surface area (Å²) in [5, 5.41) is 0. The minimum absolute atomic E-state index is 0.513. The van der Waals surface area contributed by atoms with Gasteiger partial charge in [-0.3, -0.25) is 0 Å². The fourth-order valence-electron chi connectivity index (χ4n) is 2.96. The van der Waals surface area contributed by atoms with E-state index >= 15 is 0 Å². The quantitative estimate of drug-likeness (QED) is 0.891. The van der Waals surface area contributed by atoms with E-state index in [0.29, 0.717) is 12.6 Å². The molecule has 0 radical (unpaired) electrons. The van der Waals surface area contributed by atoms with Crippen molar-refractivity contribution in [2.45, 2.75) is 45.2 Å². The Kier molecular flexibility index (Phi) is 5.87. The van der Waals surface area contributed by atoms with Crippen LogP contribution in [-0.2, 0) is 6.54 Å². The highest BCUT2D eigenvalue weighted by Gasteiger charge is 2.19. The summed E-state index contributed by atoms with van der Waals surface area (Å²) in [7, 11) is 2.22. The van der Waals surface area contributed by atoms with Gasteiger partial charge in [0.25, 0.3) is 0 Å². The number of likely N-dealkylation sites (tertiary alicyclic amines) is 1. The van der Waals surface area contributed by atoms with Crippen molar-refractivity contribution in [1.29, 1.82) is 0 Å². The lowest BCUT2D eigenvalue weighted by Gasteiger charge is -2.32. The fourth-order valence-corrected chi connectivity index (χ4v) is 3.58. The summed E-state index contributed by atoms with van der Waals surface area (Å²) in [6.45, 7) is 4.57. The maximum Gasteiger partial charge on any atom is 0.126 e. The van der Waals surface area contributed by atoms with Gasteiger partial charge in [-0.2, -0.15) is 0 Å². The van der Waals surface area contributed by atoms with Crippen molar-refractivity contribution in [2.75, 3.05) is 20.2 Å². The smallest absolute Gasteiger partial charge is 0.126 e. The molecule has 1 aromatic carbocycles. The number of nitrogens with zero attached hydrogens (tertiary/aromatic N) is 1. The molecule has 0 bridgehead atoms. The lowest BCUT2D eigenvalue weighted by atomic mass is 10.0. The average Bonchev–Trinajstić information content (AvgIpc) is 2.42. The van der Waals surface area contributed by atoms with Crippen LogP contribution in [0.5, 0.6) is 5.75 Å². The van der Waals surface area contributed by atoms with Crippen LogP contribution in [0.2, 0.25) is 0 Å². The van der Waals surface area contributed by atoms with Crippen molar-refractivity contribution in [3.05, 3.63) is 27.7 Å². The van der Waals surface area contributed by atoms with Crippen molar-refractivity contribution in [1.82, 2.24) is 4.90 Å². The Hall–Kier alpha value is -0.580. The molecular weight excluding hydrogens is 316 g/mol. The summed E-state index contributed by atoms with van der Waals surface area (Å²) in [4.78, 5) is 2.46. The monoisotopic (exact) mass is 340 g/mol. The van der Waals surface area contributed by atoms with Crippen LogP contribution in [0, 0.1) is 6.92 Å². The van der Waals surface area contributed by atoms with Gasteiger partial charge in [-0.15, -0.1) is 0 Å². The molecule has 2 rings (SSSR count). The van der Waals surface area contributed by atoms with Gasteiger partial charge in [0.1, 0.15) is 5.75 Å². The largest absolute Gasteiger partial charge is 0.493 e. The van der Waals surface area contributed by atoms with Crippen LogP contribution in [-0.4, -0.2) is 31.1 Å². The van der Waals surface area contributed by atoms with E-state index in [-0.39, 0.29) is 0 Å². The van der Waals surface area contributed by atoms with Crippen molar-refractivity contribution in [3.63, 3.8) is 0 Å². The molecule has 3 nitrogen and oxygen atoms in total. The van der Waals surface area contributed by atoms with Crippen LogP contribution >= 0.6 is 15.9 Å². The summed E-state index contributed by atoms with van der Waals surface area (Å²) in [5.41, 5.74) is 8.04. The molecule has 1 unspecified atom stereocenters. The zero-order chi connectivity index (χ0) is 14.5. The van der Waals surface area contributed by atoms with Gasteiger partial charge in [0.05, 0.1) is 6.61 Å². The van der Waals surface area contributed by atoms with E-state index < -0.39 is 0 Å². The van der Waals surface area contributed by atoms with Gasteiger partial charge >= 0.3 is 0 Å². The summed E-state index contributed by atoms with van der Waals surface area (Å²) in [6.07, 6.45) is 5.07. The van der Waals surface area contributed by atoms with E-state index in [1.54, 1.807) is 0 Å². The predicted octanol–water partition coefficient (Wildman–Crippen LogP) is 3.47. The maximum atomic E-state index is 6.04. The molecule has 1 atom stereocenters. The van der Waals surface area contributed by atoms with Crippen LogP contribution in [0.4, 0.5) is 0 Å². The number of halogens is 1. The van der Waals surface area contributed by atoms with Crippen molar-refractivity contribution in [2.24, 2.45) is 5.73 Å². The summed E-state index contributed by atoms with van der Waals surface area (Å²) in [6, 6.07) is 4.80. The average molecular weight is 341 g/mol. The molecule has 4 heteroatoms. The van der Waals surface area contributed by atoms with Crippen LogP contribution < -0.4 is 10.5 Å². The van der Waals surface area contributed by atoms with E-state index in [2.05, 4.69) is 46.9 Å². The second-order valence-corrected chi connectivity index (χ2v) is 6.60. The van der Waals surface area contributed by atoms with Gasteiger partial charge < -0.3 is 15.4 Å². The summed E-state index contributed by atoms with van der Waals surface area (Å²) in [5.74, 6) is 0.967. The molecule has 0 aromatic heterocycles. The third kappa shape index (κ3) is 3.96. The van der Waals surface area contributed by atoms with E-state index in [4.69, 9.17) is 10.5 Å². The Morgan fingerprint density at radius 1 is 1.40 bits per heavy atom. The first-order valence-electron chi connectivity index (χ1n) is 7.44. The Labute approximate surface area is 130 Å². The molecule has 112 valence electrons. The maximum absolute atomic E-state index is 6.04. The summed E-state index contributed by atoms with van der Waals surface area (Å²) < 4.78 is 7.10. The number of ether oxygens (including phenoxy) is 1. The topological polar surface area (TPSA) is 38.5 Å². The number of aryl methyl sites for hydroxylation is 1. The number of benzene rings is 1. The molecule has 1 saturated heterocycles. The number of nitrogens with two attached hydrogens (primary N) is 1. The molecule has 1 aromatic rings. The first-order valence-corrected chi connectivity index (χ1v) is 8.23. The minimum Gasteiger partial charge on any atom is -0.493 e. The Bertz CT molecular complexity index is 450. The SMILES string of the molecule is Cc1cc(Br)cc(CN)c1OCCC1CCCCN1C. The van der Waals surface area contributed by atoms with Gasteiger partial charge in [-0.05, 0) is 57.5 Å². The zero-order valence-corrected chi connectivity index (χ0v) is 14.1. The number of hydrogen-bond donors (Lipinski definition) is 1. The Balaban J connectivity index is 1.93. The van der Waals surface area contributed by atoms with E-state index in [9.17, 15) is 0 Å². The van der Waals surface area contributed by atoms with Gasteiger partial charge in [0.15, 0.2) is 0 Å². The lowest BCUT2D eigenvalue weighted by molar-refractivity contribution is 0.152. The molecule has 0 spiro atoms. The van der Waals surface area contributed by atoms with Crippen molar-refractivity contribution >= 4 is 15.9 Å². The summed E-state index contributed by atoms with van der Waals surface area (Å²) >= 11 is 3.51. The van der Waals surface area contributed by atoms with Crippen LogP contribution in [0.1, 0.15) is 36.8 Å². The second-order valence-electron chi connectivity index (χ2n) is 5.68. The molecule has 1 aliphatic heterocycles. The first kappa shape index (κ1) is 15.8. The number of rotatable bonds is 5. The van der Waals surface area contributed by atoms with Crippen LogP contribution in [0.25, 0.3) is 0 Å². The van der Waals surface area contributed by atoms with Gasteiger partial charge in [0, 0.05) is 22.6 Å². The highest BCUT2D eigenvalue weighted by Crippen LogP contribution is 2.28. The number of hydrogen-bond acceptors (Lipinski definition) is 3. The predicted molar refractivity (Wildman–Crippen MR) is 87.2 cm³/mol. The third-order valence-electron chi connectivity index (χ3n) is 4.16. The molecule has 0 aliphatic carbocycles. The highest BCUT2D eigenvalue weighted by atomic mass is 79.9. The molecular formula is C16H25BrN2O. The Morgan fingerprint density at radius 3 is 2.90 bits per heavy atom. The van der Waals surface area contributed by atoms with Crippen LogP contribution in [0.15, 0.2) is 16.6 Å². The fraction of sp³-hybridized carbons (Fsp3) is 0.625. The van der Waals surface area contributed by atoms with E-state index in [1.807, 2.05) is 0 Å². The third-order valence-corrected chi connectivity index (χ3v) is 4.61. The lowest BCUT2D eigenvalue weighted by Crippen LogP contribution is -2.37. The van der Waals surface area contributed by atoms with E-state index in [0.717, 1.165) is 34.4 Å². The highest BCUT2D eigenvalue weighted by molar-refractivity contribution is 9.10. The molecule has 20 heavy (non-hydrogen) atoms.